The van der Waals surface area contributed by atoms with Crippen LogP contribution in [0, 0.1) is 0 Å². The van der Waals surface area contributed by atoms with Gasteiger partial charge in [0.2, 0.25) is 0 Å². The predicted octanol–water partition coefficient (Wildman–Crippen LogP) is 5.14. The minimum absolute atomic E-state index is 0.0445. The van der Waals surface area contributed by atoms with Gasteiger partial charge in [-0.05, 0) is 0 Å². The van der Waals surface area contributed by atoms with Crippen molar-refractivity contribution in [1.82, 2.24) is 0 Å². The molecule has 170 valence electrons. The zero-order chi connectivity index (χ0) is 23.0. The molecule has 1 aliphatic heterocycles. The van der Waals surface area contributed by atoms with Crippen LogP contribution in [0.3, 0.4) is 0 Å². The summed E-state index contributed by atoms with van der Waals surface area (Å²) in [6, 6.07) is 10.2. The van der Waals surface area contributed by atoms with Crippen molar-refractivity contribution in [2.45, 2.75) is 94.8 Å². The molecule has 1 saturated heterocycles. The molecule has 4 nitrogen and oxygen atoms in total. The molecule has 30 heavy (non-hydrogen) atoms. The summed E-state index contributed by atoms with van der Waals surface area (Å²) in [7, 11) is -4.02. The summed E-state index contributed by atoms with van der Waals surface area (Å²) in [5, 5.41) is 0.173. The molecule has 7 heteroatoms. The average Bonchev–Trinajstić information content (AvgIpc) is 2.87. The Morgan fingerprint density at radius 2 is 1.47 bits per heavy atom. The van der Waals surface area contributed by atoms with Crippen LogP contribution >= 0.6 is 0 Å². The Balaban J connectivity index is 2.27. The average molecular weight is 516 g/mol. The van der Waals surface area contributed by atoms with Crippen molar-refractivity contribution in [3.05, 3.63) is 30.3 Å². The molecular formula is C23H40O4SeSi2. The third kappa shape index (κ3) is 6.08. The quantitative estimate of drug-likeness (QED) is 0.373. The van der Waals surface area contributed by atoms with E-state index in [4.69, 9.17) is 13.6 Å². The van der Waals surface area contributed by atoms with E-state index >= 15 is 0 Å². The fourth-order valence-corrected chi connectivity index (χ4v) is 7.58. The van der Waals surface area contributed by atoms with Crippen LogP contribution < -0.4 is 4.46 Å². The molecule has 1 fully saturated rings. The van der Waals surface area contributed by atoms with Gasteiger partial charge in [0.05, 0.1) is 0 Å². The molecule has 0 aromatic heterocycles. The fourth-order valence-electron chi connectivity index (χ4n) is 2.66. The van der Waals surface area contributed by atoms with E-state index in [2.05, 4.69) is 79.9 Å². The van der Waals surface area contributed by atoms with Crippen molar-refractivity contribution < 1.29 is 18.4 Å². The SMILES string of the molecule is CC(C)(C)[Si](C)(C)OC[C@H]1OC(=O)C([Se]c2ccccc2)[C@@H]1O[Si](C)(C)C(C)(C)C. The van der Waals surface area contributed by atoms with Gasteiger partial charge in [-0.25, -0.2) is 0 Å². The molecule has 1 heterocycles. The Bertz CT molecular complexity index is 723. The van der Waals surface area contributed by atoms with Gasteiger partial charge in [0, 0.05) is 0 Å². The van der Waals surface area contributed by atoms with Gasteiger partial charge in [-0.3, -0.25) is 0 Å². The number of benzene rings is 1. The maximum absolute atomic E-state index is 12.9. The first kappa shape index (κ1) is 25.8. The zero-order valence-corrected chi connectivity index (χ0v) is 24.1. The molecule has 1 aliphatic rings. The van der Waals surface area contributed by atoms with Crippen LogP contribution in [0.1, 0.15) is 41.5 Å². The van der Waals surface area contributed by atoms with Crippen molar-refractivity contribution in [2.75, 3.05) is 6.61 Å². The summed E-state index contributed by atoms with van der Waals surface area (Å²) in [4.78, 5) is 12.7. The van der Waals surface area contributed by atoms with E-state index in [1.165, 1.54) is 4.46 Å². The van der Waals surface area contributed by atoms with Gasteiger partial charge in [0.1, 0.15) is 0 Å². The summed E-state index contributed by atoms with van der Waals surface area (Å²) in [6.45, 7) is 22.8. The molecule has 0 radical (unpaired) electrons. The van der Waals surface area contributed by atoms with E-state index in [1.807, 2.05) is 18.2 Å². The predicted molar refractivity (Wildman–Crippen MR) is 131 cm³/mol. The molecule has 1 aromatic rings. The van der Waals surface area contributed by atoms with Crippen LogP contribution in [-0.4, -0.2) is 56.4 Å². The summed E-state index contributed by atoms with van der Waals surface area (Å²) in [5.41, 5.74) is 0. The van der Waals surface area contributed by atoms with Crippen molar-refractivity contribution in [1.29, 1.82) is 0 Å². The number of ether oxygens (including phenoxy) is 1. The Kier molecular flexibility index (Phi) is 7.92. The molecule has 0 bridgehead atoms. The second-order valence-corrected chi connectivity index (χ2v) is 23.4. The topological polar surface area (TPSA) is 44.8 Å². The van der Waals surface area contributed by atoms with Crippen LogP contribution in [0.2, 0.25) is 41.1 Å². The Morgan fingerprint density at radius 1 is 0.933 bits per heavy atom. The van der Waals surface area contributed by atoms with Crippen molar-refractivity contribution in [2.24, 2.45) is 0 Å². The van der Waals surface area contributed by atoms with Gasteiger partial charge >= 0.3 is 192 Å². The second kappa shape index (κ2) is 9.20. The maximum atomic E-state index is 12.9. The van der Waals surface area contributed by atoms with E-state index in [0.717, 1.165) is 0 Å². The Labute approximate surface area is 191 Å². The van der Waals surface area contributed by atoms with Gasteiger partial charge in [0.15, 0.2) is 0 Å². The fraction of sp³-hybridized carbons (Fsp3) is 0.696. The van der Waals surface area contributed by atoms with Gasteiger partial charge in [0.25, 0.3) is 0 Å². The number of esters is 1. The third-order valence-electron chi connectivity index (χ3n) is 6.82. The number of carbonyl (C=O) groups excluding carboxylic acids is 1. The van der Waals surface area contributed by atoms with Crippen LogP contribution in [0.4, 0.5) is 0 Å². The van der Waals surface area contributed by atoms with Crippen LogP contribution in [-0.2, 0) is 18.4 Å². The van der Waals surface area contributed by atoms with Crippen molar-refractivity contribution >= 4 is 42.0 Å². The Morgan fingerprint density at radius 3 is 1.97 bits per heavy atom. The zero-order valence-electron chi connectivity index (χ0n) is 20.4. The number of carbonyl (C=O) groups is 1. The number of rotatable bonds is 7. The molecule has 0 spiro atoms. The van der Waals surface area contributed by atoms with E-state index in [-0.39, 0.29) is 48.0 Å². The molecular weight excluding hydrogens is 475 g/mol. The monoisotopic (exact) mass is 516 g/mol. The van der Waals surface area contributed by atoms with E-state index in [0.29, 0.717) is 6.61 Å². The summed E-state index contributed by atoms with van der Waals surface area (Å²) in [5.74, 6) is -0.133. The molecule has 0 amide bonds. The van der Waals surface area contributed by atoms with Gasteiger partial charge in [-0.1, -0.05) is 0 Å². The number of hydrogen-bond acceptors (Lipinski definition) is 4. The molecule has 0 N–H and O–H groups in total. The summed E-state index contributed by atoms with van der Waals surface area (Å²) >= 11 is -0.0445. The normalized spacial score (nSPS) is 23.5. The molecule has 1 unspecified atom stereocenters. The minimum atomic E-state index is -2.08. The molecule has 1 aromatic carbocycles. The molecule has 0 aliphatic carbocycles. The number of cyclic esters (lactones) is 1. The molecule has 2 rings (SSSR count). The van der Waals surface area contributed by atoms with Crippen LogP contribution in [0.5, 0.6) is 0 Å². The first-order valence-electron chi connectivity index (χ1n) is 10.8. The van der Waals surface area contributed by atoms with Crippen molar-refractivity contribution in [3.8, 4) is 0 Å². The summed E-state index contributed by atoms with van der Waals surface area (Å²) in [6.07, 6.45) is -0.584. The van der Waals surface area contributed by atoms with Gasteiger partial charge < -0.3 is 0 Å². The van der Waals surface area contributed by atoms with Gasteiger partial charge in [-0.2, -0.15) is 0 Å². The van der Waals surface area contributed by atoms with E-state index < -0.39 is 16.6 Å². The van der Waals surface area contributed by atoms with E-state index in [9.17, 15) is 4.79 Å². The third-order valence-corrected chi connectivity index (χ3v) is 18.4. The first-order chi connectivity index (χ1) is 13.6. The van der Waals surface area contributed by atoms with Crippen LogP contribution in [0.15, 0.2) is 30.3 Å². The standard InChI is InChI=1S/C23H40O4SeSi2/c1-22(2,3)29(7,8)25-16-18-19(27-30(9,10)23(4,5)6)20(21(24)26-18)28-17-14-12-11-13-15-17/h11-15,18-20H,16H2,1-10H3/t18-,19-,20?/m1/s1. The molecule has 3 atom stereocenters. The first-order valence-corrected chi connectivity index (χ1v) is 18.5. The Hall–Kier alpha value is -0.437. The second-order valence-electron chi connectivity index (χ2n) is 11.2. The molecule has 0 saturated carbocycles. The van der Waals surface area contributed by atoms with Crippen LogP contribution in [0.25, 0.3) is 0 Å². The van der Waals surface area contributed by atoms with E-state index in [1.54, 1.807) is 0 Å². The van der Waals surface area contributed by atoms with Crippen molar-refractivity contribution in [3.63, 3.8) is 0 Å². The summed E-state index contributed by atoms with van der Waals surface area (Å²) < 4.78 is 20.4. The van der Waals surface area contributed by atoms with Gasteiger partial charge in [-0.15, -0.1) is 0 Å². The number of hydrogen-bond donors (Lipinski definition) is 0.